The highest BCUT2D eigenvalue weighted by Gasteiger charge is 2.24. The lowest BCUT2D eigenvalue weighted by Crippen LogP contribution is -2.30. The molecule has 1 aromatic heterocycles. The Labute approximate surface area is 168 Å². The third kappa shape index (κ3) is 4.65. The van der Waals surface area contributed by atoms with Crippen molar-refractivity contribution in [3.63, 3.8) is 0 Å². The molecule has 1 heterocycles. The van der Waals surface area contributed by atoms with Crippen LogP contribution in [-0.2, 0) is 16.6 Å². The standard InChI is InChI=1S/C18H19ClN4O2S2/c1-2-16(22-27(24,25)15-10-8-14(19)9-11-15)17-20-21-18(26)23(17)12-13-6-4-3-5-7-13/h3-11,16,22H,2,12H2,1H3,(H,21,26). The fraction of sp³-hybridized carbons (Fsp3) is 0.222. The van der Waals surface area contributed by atoms with Crippen molar-refractivity contribution >= 4 is 33.8 Å². The first-order valence-electron chi connectivity index (χ1n) is 8.37. The van der Waals surface area contributed by atoms with Crippen LogP contribution in [0.2, 0.25) is 5.02 Å². The minimum Gasteiger partial charge on any atom is -0.298 e. The first-order chi connectivity index (χ1) is 12.9. The van der Waals surface area contributed by atoms with E-state index in [0.717, 1.165) is 5.56 Å². The Balaban J connectivity index is 1.90. The molecular formula is C18H19ClN4O2S2. The summed E-state index contributed by atoms with van der Waals surface area (Å²) in [5.74, 6) is 0.545. The summed E-state index contributed by atoms with van der Waals surface area (Å²) >= 11 is 11.2. The number of rotatable bonds is 7. The highest BCUT2D eigenvalue weighted by Crippen LogP contribution is 2.21. The van der Waals surface area contributed by atoms with E-state index in [4.69, 9.17) is 23.8 Å². The van der Waals surface area contributed by atoms with Crippen LogP contribution < -0.4 is 4.72 Å². The Morgan fingerprint density at radius 3 is 2.48 bits per heavy atom. The van der Waals surface area contributed by atoms with Gasteiger partial charge in [0.2, 0.25) is 10.0 Å². The van der Waals surface area contributed by atoms with Crippen molar-refractivity contribution in [2.24, 2.45) is 0 Å². The second-order valence-electron chi connectivity index (χ2n) is 5.99. The van der Waals surface area contributed by atoms with Gasteiger partial charge in [-0.15, -0.1) is 0 Å². The van der Waals surface area contributed by atoms with Crippen LogP contribution >= 0.6 is 23.8 Å². The van der Waals surface area contributed by atoms with E-state index in [1.165, 1.54) is 12.1 Å². The van der Waals surface area contributed by atoms with E-state index < -0.39 is 16.1 Å². The highest BCUT2D eigenvalue weighted by atomic mass is 35.5. The topological polar surface area (TPSA) is 79.8 Å². The molecule has 1 unspecified atom stereocenters. The van der Waals surface area contributed by atoms with Crippen LogP contribution in [0.3, 0.4) is 0 Å². The fourth-order valence-electron chi connectivity index (χ4n) is 2.70. The third-order valence-corrected chi connectivity index (χ3v) is 6.16. The molecule has 1 atom stereocenters. The number of benzene rings is 2. The zero-order valence-electron chi connectivity index (χ0n) is 14.6. The molecule has 3 aromatic rings. The number of halogens is 1. The smallest absolute Gasteiger partial charge is 0.241 e. The molecule has 0 aliphatic rings. The minimum absolute atomic E-state index is 0.147. The van der Waals surface area contributed by atoms with E-state index in [1.54, 1.807) is 12.1 Å². The van der Waals surface area contributed by atoms with Crippen molar-refractivity contribution in [2.45, 2.75) is 30.8 Å². The largest absolute Gasteiger partial charge is 0.298 e. The molecule has 3 rings (SSSR count). The second-order valence-corrected chi connectivity index (χ2v) is 8.53. The molecule has 0 saturated carbocycles. The fourth-order valence-corrected chi connectivity index (χ4v) is 4.31. The van der Waals surface area contributed by atoms with Crippen LogP contribution in [0, 0.1) is 4.77 Å². The predicted molar refractivity (Wildman–Crippen MR) is 108 cm³/mol. The summed E-state index contributed by atoms with van der Waals surface area (Å²) in [5, 5.41) is 7.52. The van der Waals surface area contributed by atoms with E-state index in [1.807, 2.05) is 41.8 Å². The van der Waals surface area contributed by atoms with Crippen molar-refractivity contribution in [1.29, 1.82) is 0 Å². The molecule has 2 aromatic carbocycles. The van der Waals surface area contributed by atoms with Gasteiger partial charge in [-0.3, -0.25) is 9.67 Å². The second kappa shape index (κ2) is 8.35. The maximum atomic E-state index is 12.7. The quantitative estimate of drug-likeness (QED) is 0.562. The first-order valence-corrected chi connectivity index (χ1v) is 10.6. The number of hydrogen-bond donors (Lipinski definition) is 2. The van der Waals surface area contributed by atoms with Crippen LogP contribution in [0.25, 0.3) is 0 Å². The number of sulfonamides is 1. The minimum atomic E-state index is -3.73. The predicted octanol–water partition coefficient (Wildman–Crippen LogP) is 4.07. The molecule has 0 bridgehead atoms. The van der Waals surface area contributed by atoms with Gasteiger partial charge in [0.1, 0.15) is 5.82 Å². The molecule has 0 aliphatic carbocycles. The van der Waals surface area contributed by atoms with E-state index in [9.17, 15) is 8.42 Å². The Hall–Kier alpha value is -2.00. The van der Waals surface area contributed by atoms with Gasteiger partial charge in [-0.25, -0.2) is 13.1 Å². The van der Waals surface area contributed by atoms with Gasteiger partial charge in [0, 0.05) is 5.02 Å². The molecular weight excluding hydrogens is 404 g/mol. The number of hydrogen-bond acceptors (Lipinski definition) is 4. The van der Waals surface area contributed by atoms with E-state index in [0.29, 0.717) is 28.6 Å². The summed E-state index contributed by atoms with van der Waals surface area (Å²) in [6.07, 6.45) is 0.515. The van der Waals surface area contributed by atoms with Crippen LogP contribution in [0.15, 0.2) is 59.5 Å². The van der Waals surface area contributed by atoms with Crippen molar-refractivity contribution in [2.75, 3.05) is 0 Å². The first kappa shape index (κ1) is 19.8. The van der Waals surface area contributed by atoms with Crippen LogP contribution in [0.4, 0.5) is 0 Å². The summed E-state index contributed by atoms with van der Waals surface area (Å²) in [4.78, 5) is 0.147. The molecule has 0 radical (unpaired) electrons. The molecule has 2 N–H and O–H groups in total. The third-order valence-electron chi connectivity index (χ3n) is 4.11. The van der Waals surface area contributed by atoms with Gasteiger partial charge < -0.3 is 0 Å². The summed E-state index contributed by atoms with van der Waals surface area (Å²) in [6.45, 7) is 2.39. The van der Waals surface area contributed by atoms with E-state index in [-0.39, 0.29) is 4.90 Å². The van der Waals surface area contributed by atoms with Gasteiger partial charge in [0.05, 0.1) is 17.5 Å². The Bertz CT molecular complexity index is 1060. The molecule has 0 saturated heterocycles. The molecule has 0 spiro atoms. The van der Waals surface area contributed by atoms with Crippen molar-refractivity contribution in [3.8, 4) is 0 Å². The number of nitrogens with zero attached hydrogens (tertiary/aromatic N) is 2. The number of nitrogens with one attached hydrogen (secondary N) is 2. The number of H-pyrrole nitrogens is 1. The average molecular weight is 423 g/mol. The number of aromatic amines is 1. The zero-order valence-corrected chi connectivity index (χ0v) is 17.0. The van der Waals surface area contributed by atoms with Gasteiger partial charge in [0.15, 0.2) is 4.77 Å². The zero-order chi connectivity index (χ0) is 19.4. The SMILES string of the molecule is CCC(NS(=O)(=O)c1ccc(Cl)cc1)c1n[nH]c(=S)n1Cc1ccccc1. The molecule has 0 amide bonds. The van der Waals surface area contributed by atoms with Crippen LogP contribution in [0.5, 0.6) is 0 Å². The van der Waals surface area contributed by atoms with Gasteiger partial charge >= 0.3 is 0 Å². The van der Waals surface area contributed by atoms with Gasteiger partial charge in [-0.2, -0.15) is 5.10 Å². The lowest BCUT2D eigenvalue weighted by Gasteiger charge is -2.18. The molecule has 0 fully saturated rings. The van der Waals surface area contributed by atoms with E-state index in [2.05, 4.69) is 14.9 Å². The Kier molecular flexibility index (Phi) is 6.11. The Morgan fingerprint density at radius 1 is 1.19 bits per heavy atom. The molecule has 0 aliphatic heterocycles. The molecule has 142 valence electrons. The summed E-state index contributed by atoms with van der Waals surface area (Å²) in [6, 6.07) is 15.3. The van der Waals surface area contributed by atoms with Crippen molar-refractivity contribution < 1.29 is 8.42 Å². The normalized spacial score (nSPS) is 12.8. The number of aromatic nitrogens is 3. The van der Waals surface area contributed by atoms with Gasteiger partial charge in [0.25, 0.3) is 0 Å². The maximum absolute atomic E-state index is 12.7. The average Bonchev–Trinajstić information content (AvgIpc) is 3.01. The maximum Gasteiger partial charge on any atom is 0.241 e. The van der Waals surface area contributed by atoms with Gasteiger partial charge in [-0.05, 0) is 48.5 Å². The molecule has 9 heteroatoms. The van der Waals surface area contributed by atoms with Crippen molar-refractivity contribution in [1.82, 2.24) is 19.5 Å². The summed E-state index contributed by atoms with van der Waals surface area (Å²) < 4.78 is 30.4. The van der Waals surface area contributed by atoms with Crippen LogP contribution in [-0.4, -0.2) is 23.2 Å². The van der Waals surface area contributed by atoms with Crippen molar-refractivity contribution in [3.05, 3.63) is 75.8 Å². The van der Waals surface area contributed by atoms with Crippen LogP contribution in [0.1, 0.15) is 30.8 Å². The van der Waals surface area contributed by atoms with Gasteiger partial charge in [-0.1, -0.05) is 48.9 Å². The van der Waals surface area contributed by atoms with E-state index >= 15 is 0 Å². The lowest BCUT2D eigenvalue weighted by molar-refractivity contribution is 0.520. The highest BCUT2D eigenvalue weighted by molar-refractivity contribution is 7.89. The lowest BCUT2D eigenvalue weighted by atomic mass is 10.2. The molecule has 27 heavy (non-hydrogen) atoms. The Morgan fingerprint density at radius 2 is 1.85 bits per heavy atom. The summed E-state index contributed by atoms with van der Waals surface area (Å²) in [7, 11) is -3.73. The molecule has 6 nitrogen and oxygen atoms in total. The summed E-state index contributed by atoms with van der Waals surface area (Å²) in [5.41, 5.74) is 1.05. The monoisotopic (exact) mass is 422 g/mol.